The van der Waals surface area contributed by atoms with Gasteiger partial charge in [-0.3, -0.25) is 0 Å². The Morgan fingerprint density at radius 1 is 1.41 bits per heavy atom. The van der Waals surface area contributed by atoms with Crippen LogP contribution in [0.4, 0.5) is 0 Å². The third-order valence-electron chi connectivity index (χ3n) is 2.97. The number of halogens is 1. The molecule has 1 N–H and O–H groups in total. The van der Waals surface area contributed by atoms with E-state index in [0.717, 1.165) is 16.7 Å². The van der Waals surface area contributed by atoms with Gasteiger partial charge in [0.25, 0.3) is 0 Å². The van der Waals surface area contributed by atoms with E-state index in [1.807, 2.05) is 38.2 Å². The van der Waals surface area contributed by atoms with Gasteiger partial charge in [-0.1, -0.05) is 23.7 Å². The zero-order chi connectivity index (χ0) is 12.4. The summed E-state index contributed by atoms with van der Waals surface area (Å²) in [6.07, 6.45) is 0.0272. The summed E-state index contributed by atoms with van der Waals surface area (Å²) in [6, 6.07) is 7.74. The van der Waals surface area contributed by atoms with Gasteiger partial charge in [0.15, 0.2) is 5.58 Å². The lowest BCUT2D eigenvalue weighted by molar-refractivity contribution is 0.0788. The molecule has 3 nitrogen and oxygen atoms in total. The maximum absolute atomic E-state index is 6.09. The summed E-state index contributed by atoms with van der Waals surface area (Å²) in [5, 5.41) is 4.83. The molecule has 0 aliphatic rings. The number of rotatable bonds is 4. The van der Waals surface area contributed by atoms with Crippen molar-refractivity contribution in [1.29, 1.82) is 0 Å². The number of methoxy groups -OCH3 is 1. The molecule has 2 atom stereocenters. The molecule has 0 fully saturated rings. The standard InChI is InChI=1S/C13H16ClNO2/c1-8(16-3)12(15-2)11-7-9-5-4-6-10(14)13(9)17-11/h4-8,12,15H,1-3H3. The van der Waals surface area contributed by atoms with Gasteiger partial charge < -0.3 is 14.5 Å². The molecule has 92 valence electrons. The minimum Gasteiger partial charge on any atom is -0.458 e. The molecule has 4 heteroatoms. The highest BCUT2D eigenvalue weighted by atomic mass is 35.5. The van der Waals surface area contributed by atoms with Crippen molar-refractivity contribution in [3.63, 3.8) is 0 Å². The van der Waals surface area contributed by atoms with Crippen LogP contribution in [0.2, 0.25) is 5.02 Å². The zero-order valence-electron chi connectivity index (χ0n) is 10.2. The van der Waals surface area contributed by atoms with Crippen LogP contribution in [0.15, 0.2) is 28.7 Å². The lowest BCUT2D eigenvalue weighted by atomic mass is 10.1. The van der Waals surface area contributed by atoms with Crippen LogP contribution in [0.5, 0.6) is 0 Å². The second kappa shape index (κ2) is 5.08. The van der Waals surface area contributed by atoms with Gasteiger partial charge in [0.05, 0.1) is 17.2 Å². The highest BCUT2D eigenvalue weighted by Gasteiger charge is 2.21. The topological polar surface area (TPSA) is 34.4 Å². The van der Waals surface area contributed by atoms with Crippen molar-refractivity contribution in [3.8, 4) is 0 Å². The van der Waals surface area contributed by atoms with Crippen LogP contribution in [0.3, 0.4) is 0 Å². The minimum absolute atomic E-state index is 0.0171. The quantitative estimate of drug-likeness (QED) is 0.907. The van der Waals surface area contributed by atoms with Crippen molar-refractivity contribution in [2.75, 3.05) is 14.2 Å². The molecule has 1 aromatic heterocycles. The Balaban J connectivity index is 2.44. The molecule has 2 aromatic rings. The number of nitrogens with one attached hydrogen (secondary N) is 1. The largest absolute Gasteiger partial charge is 0.458 e. The fraction of sp³-hybridized carbons (Fsp3) is 0.385. The van der Waals surface area contributed by atoms with Crippen LogP contribution in [0, 0.1) is 0 Å². The molecule has 0 spiro atoms. The van der Waals surface area contributed by atoms with E-state index in [-0.39, 0.29) is 12.1 Å². The third kappa shape index (κ3) is 2.32. The van der Waals surface area contributed by atoms with Gasteiger partial charge in [0, 0.05) is 12.5 Å². The summed E-state index contributed by atoms with van der Waals surface area (Å²) in [4.78, 5) is 0. The Kier molecular flexibility index (Phi) is 3.72. The molecule has 0 amide bonds. The lowest BCUT2D eigenvalue weighted by Gasteiger charge is -2.19. The van der Waals surface area contributed by atoms with E-state index in [1.165, 1.54) is 0 Å². The fourth-order valence-corrected chi connectivity index (χ4v) is 2.17. The van der Waals surface area contributed by atoms with Crippen LogP contribution in [0.1, 0.15) is 18.7 Å². The van der Waals surface area contributed by atoms with E-state index in [9.17, 15) is 0 Å². The van der Waals surface area contributed by atoms with Crippen LogP contribution in [-0.4, -0.2) is 20.3 Å². The normalized spacial score (nSPS) is 15.1. The van der Waals surface area contributed by atoms with Gasteiger partial charge in [-0.05, 0) is 26.1 Å². The van der Waals surface area contributed by atoms with Crippen LogP contribution in [0.25, 0.3) is 11.0 Å². The van der Waals surface area contributed by atoms with Crippen molar-refractivity contribution >= 4 is 22.6 Å². The maximum atomic E-state index is 6.09. The number of furan rings is 1. The highest BCUT2D eigenvalue weighted by molar-refractivity contribution is 6.34. The number of ether oxygens (including phenoxy) is 1. The SMILES string of the molecule is CNC(c1cc2cccc(Cl)c2o1)C(C)OC. The molecule has 2 rings (SSSR count). The Morgan fingerprint density at radius 2 is 2.18 bits per heavy atom. The monoisotopic (exact) mass is 253 g/mol. The highest BCUT2D eigenvalue weighted by Crippen LogP contribution is 2.30. The van der Waals surface area contributed by atoms with E-state index < -0.39 is 0 Å². The molecule has 0 aliphatic heterocycles. The summed E-state index contributed by atoms with van der Waals surface area (Å²) < 4.78 is 11.1. The van der Waals surface area contributed by atoms with Crippen LogP contribution < -0.4 is 5.32 Å². The predicted octanol–water partition coefficient (Wildman–Crippen LogP) is 3.38. The molecular formula is C13H16ClNO2. The molecule has 0 aliphatic carbocycles. The molecule has 1 aromatic carbocycles. The van der Waals surface area contributed by atoms with Crippen LogP contribution in [-0.2, 0) is 4.74 Å². The molecule has 17 heavy (non-hydrogen) atoms. The summed E-state index contributed by atoms with van der Waals surface area (Å²) in [6.45, 7) is 2.00. The molecule has 0 radical (unpaired) electrons. The number of hydrogen-bond donors (Lipinski definition) is 1. The van der Waals surface area contributed by atoms with Crippen molar-refractivity contribution in [2.45, 2.75) is 19.1 Å². The van der Waals surface area contributed by atoms with E-state index in [1.54, 1.807) is 7.11 Å². The van der Waals surface area contributed by atoms with Gasteiger partial charge in [0.2, 0.25) is 0 Å². The number of benzene rings is 1. The van der Waals surface area contributed by atoms with Gasteiger partial charge >= 0.3 is 0 Å². The predicted molar refractivity (Wildman–Crippen MR) is 69.5 cm³/mol. The first-order chi connectivity index (χ1) is 8.17. The summed E-state index contributed by atoms with van der Waals surface area (Å²) in [5.74, 6) is 0.838. The van der Waals surface area contributed by atoms with Crippen LogP contribution >= 0.6 is 11.6 Å². The van der Waals surface area contributed by atoms with Gasteiger partial charge in [-0.25, -0.2) is 0 Å². The second-order valence-corrected chi connectivity index (χ2v) is 4.42. The Bertz CT molecular complexity index is 509. The van der Waals surface area contributed by atoms with Crippen molar-refractivity contribution in [2.24, 2.45) is 0 Å². The average Bonchev–Trinajstić information content (AvgIpc) is 2.75. The Morgan fingerprint density at radius 3 is 2.76 bits per heavy atom. The maximum Gasteiger partial charge on any atom is 0.152 e. The molecule has 0 bridgehead atoms. The summed E-state index contributed by atoms with van der Waals surface area (Å²) in [5.41, 5.74) is 0.729. The first-order valence-electron chi connectivity index (χ1n) is 5.55. The molecular weight excluding hydrogens is 238 g/mol. The number of hydrogen-bond acceptors (Lipinski definition) is 3. The average molecular weight is 254 g/mol. The fourth-order valence-electron chi connectivity index (χ4n) is 1.95. The van der Waals surface area contributed by atoms with Crippen molar-refractivity contribution in [1.82, 2.24) is 5.32 Å². The van der Waals surface area contributed by atoms with E-state index in [0.29, 0.717) is 5.02 Å². The Labute approximate surface area is 106 Å². The third-order valence-corrected chi connectivity index (χ3v) is 3.27. The number of para-hydroxylation sites is 1. The van der Waals surface area contributed by atoms with Crippen molar-refractivity contribution in [3.05, 3.63) is 35.0 Å². The summed E-state index contributed by atoms with van der Waals surface area (Å²) in [7, 11) is 3.57. The lowest BCUT2D eigenvalue weighted by Crippen LogP contribution is -2.28. The smallest absolute Gasteiger partial charge is 0.152 e. The van der Waals surface area contributed by atoms with E-state index in [4.69, 9.17) is 20.8 Å². The van der Waals surface area contributed by atoms with E-state index >= 15 is 0 Å². The molecule has 1 heterocycles. The van der Waals surface area contributed by atoms with Gasteiger partial charge in [-0.2, -0.15) is 0 Å². The van der Waals surface area contributed by atoms with Gasteiger partial charge in [0.1, 0.15) is 5.76 Å². The number of fused-ring (bicyclic) bond motifs is 1. The zero-order valence-corrected chi connectivity index (χ0v) is 10.9. The molecule has 2 unspecified atom stereocenters. The summed E-state index contributed by atoms with van der Waals surface area (Å²) >= 11 is 6.09. The number of likely N-dealkylation sites (N-methyl/N-ethyl adjacent to an activating group) is 1. The van der Waals surface area contributed by atoms with Gasteiger partial charge in [-0.15, -0.1) is 0 Å². The first-order valence-corrected chi connectivity index (χ1v) is 5.93. The first kappa shape index (κ1) is 12.4. The Hall–Kier alpha value is -1.03. The van der Waals surface area contributed by atoms with Crippen molar-refractivity contribution < 1.29 is 9.15 Å². The molecule has 0 saturated heterocycles. The molecule has 0 saturated carbocycles. The minimum atomic E-state index is 0.0171. The van der Waals surface area contributed by atoms with E-state index in [2.05, 4.69) is 5.32 Å². The second-order valence-electron chi connectivity index (χ2n) is 4.01.